The Morgan fingerprint density at radius 1 is 1.70 bits per heavy atom. The fourth-order valence-corrected chi connectivity index (χ4v) is 1.08. The quantitative estimate of drug-likeness (QED) is 0.534. The predicted octanol–water partition coefficient (Wildman–Crippen LogP) is -0.0907. The molecule has 10 heavy (non-hydrogen) atoms. The first kappa shape index (κ1) is 7.28. The van der Waals surface area contributed by atoms with E-state index in [4.69, 9.17) is 11.5 Å². The average molecular weight is 140 g/mol. The Labute approximate surface area is 60.1 Å². The number of carbonyl (C=O) groups excluding carboxylic acids is 1. The summed E-state index contributed by atoms with van der Waals surface area (Å²) >= 11 is 0. The molecule has 1 unspecified atom stereocenters. The lowest BCUT2D eigenvalue weighted by Gasteiger charge is -2.15. The lowest BCUT2D eigenvalue weighted by atomic mass is 9.96. The van der Waals surface area contributed by atoms with Gasteiger partial charge in [-0.25, -0.2) is 0 Å². The maximum Gasteiger partial charge on any atom is 0.244 e. The van der Waals surface area contributed by atoms with E-state index in [0.29, 0.717) is 0 Å². The maximum atomic E-state index is 10.6. The van der Waals surface area contributed by atoms with Gasteiger partial charge in [0.05, 0.1) is 0 Å². The van der Waals surface area contributed by atoms with Crippen molar-refractivity contribution in [3.05, 3.63) is 11.6 Å². The number of carbonyl (C=O) groups is 1. The zero-order valence-electron chi connectivity index (χ0n) is 5.84. The Balaban J connectivity index is 2.56. The van der Waals surface area contributed by atoms with E-state index in [1.807, 2.05) is 6.08 Å². The van der Waals surface area contributed by atoms with Crippen LogP contribution in [0.25, 0.3) is 0 Å². The number of nitrogens with two attached hydrogens (primary N) is 2. The molecule has 1 aliphatic carbocycles. The molecule has 0 aliphatic heterocycles. The molecule has 0 saturated heterocycles. The van der Waals surface area contributed by atoms with E-state index in [9.17, 15) is 4.79 Å². The van der Waals surface area contributed by atoms with Crippen LogP contribution in [-0.4, -0.2) is 11.9 Å². The molecule has 1 atom stereocenters. The largest absolute Gasteiger partial charge is 0.366 e. The highest BCUT2D eigenvalue weighted by molar-refractivity contribution is 5.91. The number of hydrogen-bond acceptors (Lipinski definition) is 2. The molecule has 56 valence electrons. The van der Waals surface area contributed by atoms with Gasteiger partial charge in [0.25, 0.3) is 0 Å². The number of amides is 1. The second kappa shape index (κ2) is 2.84. The van der Waals surface area contributed by atoms with Crippen LogP contribution in [0.3, 0.4) is 0 Å². The van der Waals surface area contributed by atoms with E-state index in [2.05, 4.69) is 0 Å². The highest BCUT2D eigenvalue weighted by atomic mass is 16.1. The van der Waals surface area contributed by atoms with E-state index in [1.165, 1.54) is 0 Å². The molecule has 4 N–H and O–H groups in total. The summed E-state index contributed by atoms with van der Waals surface area (Å²) in [5.41, 5.74) is 11.4. The molecule has 1 rings (SSSR count). The molecule has 0 fully saturated rings. The van der Waals surface area contributed by atoms with Crippen LogP contribution in [0, 0.1) is 0 Å². The second-order valence-electron chi connectivity index (χ2n) is 2.63. The van der Waals surface area contributed by atoms with E-state index in [1.54, 1.807) is 0 Å². The zero-order valence-corrected chi connectivity index (χ0v) is 5.84. The summed E-state index contributed by atoms with van der Waals surface area (Å²) in [7, 11) is 0. The molecule has 0 aromatic rings. The van der Waals surface area contributed by atoms with E-state index in [-0.39, 0.29) is 11.9 Å². The lowest BCUT2D eigenvalue weighted by molar-refractivity contribution is -0.114. The summed E-state index contributed by atoms with van der Waals surface area (Å²) in [6, 6.07) is 0.225. The zero-order chi connectivity index (χ0) is 7.56. The molecule has 1 amide bonds. The lowest BCUT2D eigenvalue weighted by Crippen LogP contribution is -2.25. The molecule has 1 aliphatic rings. The molecular weight excluding hydrogens is 128 g/mol. The van der Waals surface area contributed by atoms with Gasteiger partial charge in [0, 0.05) is 11.6 Å². The molecular formula is C7H12N2O. The smallest absolute Gasteiger partial charge is 0.244 e. The van der Waals surface area contributed by atoms with Crippen molar-refractivity contribution < 1.29 is 4.79 Å². The van der Waals surface area contributed by atoms with Crippen molar-refractivity contribution in [1.29, 1.82) is 0 Å². The summed E-state index contributed by atoms with van der Waals surface area (Å²) in [5.74, 6) is -0.299. The van der Waals surface area contributed by atoms with Crippen LogP contribution in [0.15, 0.2) is 11.6 Å². The van der Waals surface area contributed by atoms with Gasteiger partial charge in [0.2, 0.25) is 5.91 Å². The molecule has 0 saturated carbocycles. The van der Waals surface area contributed by atoms with Crippen LogP contribution in [0.2, 0.25) is 0 Å². The minimum Gasteiger partial charge on any atom is -0.366 e. The minimum atomic E-state index is -0.299. The second-order valence-corrected chi connectivity index (χ2v) is 2.63. The third-order valence-electron chi connectivity index (χ3n) is 1.77. The first-order chi connectivity index (χ1) is 4.70. The van der Waals surface area contributed by atoms with Crippen molar-refractivity contribution >= 4 is 5.91 Å². The molecule has 3 nitrogen and oxygen atoms in total. The van der Waals surface area contributed by atoms with Crippen LogP contribution in [0.5, 0.6) is 0 Å². The molecule has 0 spiro atoms. The van der Waals surface area contributed by atoms with E-state index < -0.39 is 0 Å². The Kier molecular flexibility index (Phi) is 2.06. The standard InChI is InChI=1S/C7H12N2O/c8-6-3-1-5(2-4-6)7(9)10/h1,6H,2-4,8H2,(H2,9,10). The van der Waals surface area contributed by atoms with Crippen LogP contribution < -0.4 is 11.5 Å². The summed E-state index contributed by atoms with van der Waals surface area (Å²) in [6.45, 7) is 0. The Bertz CT molecular complexity index is 174. The van der Waals surface area contributed by atoms with Crippen molar-refractivity contribution in [3.63, 3.8) is 0 Å². The van der Waals surface area contributed by atoms with Crippen LogP contribution in [-0.2, 0) is 4.79 Å². The molecule has 0 heterocycles. The average Bonchev–Trinajstić information content (AvgIpc) is 1.88. The van der Waals surface area contributed by atoms with Gasteiger partial charge in [0.1, 0.15) is 0 Å². The topological polar surface area (TPSA) is 69.1 Å². The van der Waals surface area contributed by atoms with Gasteiger partial charge in [-0.1, -0.05) is 6.08 Å². The normalized spacial score (nSPS) is 25.7. The summed E-state index contributed by atoms with van der Waals surface area (Å²) in [6.07, 6.45) is 4.26. The van der Waals surface area contributed by atoms with Gasteiger partial charge in [-0.15, -0.1) is 0 Å². The van der Waals surface area contributed by atoms with E-state index in [0.717, 1.165) is 24.8 Å². The third kappa shape index (κ3) is 1.57. The van der Waals surface area contributed by atoms with Gasteiger partial charge in [-0.2, -0.15) is 0 Å². The molecule has 0 aromatic heterocycles. The molecule has 0 bridgehead atoms. The summed E-state index contributed by atoms with van der Waals surface area (Å²) in [4.78, 5) is 10.6. The van der Waals surface area contributed by atoms with Crippen LogP contribution in [0.4, 0.5) is 0 Å². The first-order valence-electron chi connectivity index (χ1n) is 3.44. The van der Waals surface area contributed by atoms with Gasteiger partial charge in [-0.05, 0) is 19.3 Å². The summed E-state index contributed by atoms with van der Waals surface area (Å²) in [5, 5.41) is 0. The third-order valence-corrected chi connectivity index (χ3v) is 1.77. The summed E-state index contributed by atoms with van der Waals surface area (Å²) < 4.78 is 0. The predicted molar refractivity (Wildman–Crippen MR) is 39.1 cm³/mol. The molecule has 0 aromatic carbocycles. The van der Waals surface area contributed by atoms with Crippen molar-refractivity contribution in [1.82, 2.24) is 0 Å². The van der Waals surface area contributed by atoms with Crippen molar-refractivity contribution in [2.45, 2.75) is 25.3 Å². The highest BCUT2D eigenvalue weighted by Crippen LogP contribution is 2.15. The number of hydrogen-bond donors (Lipinski definition) is 2. The Morgan fingerprint density at radius 2 is 2.40 bits per heavy atom. The van der Waals surface area contributed by atoms with Crippen molar-refractivity contribution in [2.75, 3.05) is 0 Å². The molecule has 0 radical (unpaired) electrons. The highest BCUT2D eigenvalue weighted by Gasteiger charge is 2.12. The monoisotopic (exact) mass is 140 g/mol. The van der Waals surface area contributed by atoms with Gasteiger partial charge in [-0.3, -0.25) is 4.79 Å². The Hall–Kier alpha value is -0.830. The van der Waals surface area contributed by atoms with Crippen LogP contribution in [0.1, 0.15) is 19.3 Å². The SMILES string of the molecule is NC(=O)C1=CCC(N)CC1. The Morgan fingerprint density at radius 3 is 2.80 bits per heavy atom. The molecule has 3 heteroatoms. The van der Waals surface area contributed by atoms with E-state index >= 15 is 0 Å². The minimum absolute atomic E-state index is 0.225. The fourth-order valence-electron chi connectivity index (χ4n) is 1.08. The van der Waals surface area contributed by atoms with Gasteiger partial charge in [0.15, 0.2) is 0 Å². The number of rotatable bonds is 1. The first-order valence-corrected chi connectivity index (χ1v) is 3.44. The van der Waals surface area contributed by atoms with Crippen molar-refractivity contribution in [3.8, 4) is 0 Å². The van der Waals surface area contributed by atoms with Crippen LogP contribution >= 0.6 is 0 Å². The van der Waals surface area contributed by atoms with Gasteiger partial charge < -0.3 is 11.5 Å². The fraction of sp³-hybridized carbons (Fsp3) is 0.571. The maximum absolute atomic E-state index is 10.6. The van der Waals surface area contributed by atoms with Crippen molar-refractivity contribution in [2.24, 2.45) is 11.5 Å². The number of primary amides is 1. The van der Waals surface area contributed by atoms with Gasteiger partial charge >= 0.3 is 0 Å².